The maximum atomic E-state index is 12.3. The highest BCUT2D eigenvalue weighted by Crippen LogP contribution is 2.28. The molecule has 0 amide bonds. The average Bonchev–Trinajstić information content (AvgIpc) is 2.52. The van der Waals surface area contributed by atoms with Crippen molar-refractivity contribution in [2.75, 3.05) is 28.2 Å². The van der Waals surface area contributed by atoms with E-state index in [4.69, 9.17) is 23.2 Å². The normalized spacial score (nSPS) is 12.9. The Morgan fingerprint density at radius 1 is 1.08 bits per heavy atom. The average molecular weight is 383 g/mol. The van der Waals surface area contributed by atoms with Crippen LogP contribution in [0.1, 0.15) is 0 Å². The van der Waals surface area contributed by atoms with Gasteiger partial charge in [-0.3, -0.25) is 4.79 Å². The lowest BCUT2D eigenvalue weighted by molar-refractivity contribution is -0.111. The summed E-state index contributed by atoms with van der Waals surface area (Å²) in [5, 5.41) is 18.7. The lowest BCUT2D eigenvalue weighted by atomic mass is 10.2. The van der Waals surface area contributed by atoms with Crippen LogP contribution in [0.15, 0.2) is 64.4 Å². The highest BCUT2D eigenvalue weighted by Gasteiger charge is 2.12. The van der Waals surface area contributed by atoms with Crippen LogP contribution < -0.4 is 0 Å². The van der Waals surface area contributed by atoms with Crippen molar-refractivity contribution < 1.29 is 9.90 Å². The molecule has 0 aliphatic carbocycles. The SMILES string of the molecule is CN(C)C=CC(=O)C(N=Nc1ccc(Cl)cc1Cl)=C(O)C=CN(C)C. The largest absolute Gasteiger partial charge is 0.505 e. The van der Waals surface area contributed by atoms with Crippen LogP contribution in [0.3, 0.4) is 0 Å². The van der Waals surface area contributed by atoms with Crippen LogP contribution in [-0.2, 0) is 4.79 Å². The van der Waals surface area contributed by atoms with E-state index in [1.165, 1.54) is 18.2 Å². The molecule has 0 heterocycles. The summed E-state index contributed by atoms with van der Waals surface area (Å²) in [6.07, 6.45) is 5.79. The number of aliphatic hydroxyl groups is 1. The molecule has 0 aliphatic rings. The van der Waals surface area contributed by atoms with Gasteiger partial charge in [-0.2, -0.15) is 0 Å². The Morgan fingerprint density at radius 2 is 1.68 bits per heavy atom. The Kier molecular flexibility index (Phi) is 8.18. The van der Waals surface area contributed by atoms with Gasteiger partial charge in [-0.05, 0) is 24.3 Å². The molecule has 1 N–H and O–H groups in total. The van der Waals surface area contributed by atoms with Crippen molar-refractivity contribution in [3.63, 3.8) is 0 Å². The number of benzene rings is 1. The van der Waals surface area contributed by atoms with Crippen molar-refractivity contribution in [1.82, 2.24) is 9.80 Å². The molecular weight excluding hydrogens is 363 g/mol. The molecule has 1 aromatic rings. The first-order valence-corrected chi connectivity index (χ1v) is 8.00. The fraction of sp³-hybridized carbons (Fsp3) is 0.235. The van der Waals surface area contributed by atoms with Gasteiger partial charge in [0.15, 0.2) is 5.70 Å². The molecule has 25 heavy (non-hydrogen) atoms. The summed E-state index contributed by atoms with van der Waals surface area (Å²) in [6.45, 7) is 0. The minimum absolute atomic E-state index is 0.206. The predicted molar refractivity (Wildman–Crippen MR) is 101 cm³/mol. The minimum Gasteiger partial charge on any atom is -0.505 e. The highest BCUT2D eigenvalue weighted by atomic mass is 35.5. The van der Waals surface area contributed by atoms with E-state index in [2.05, 4.69) is 10.2 Å². The maximum Gasteiger partial charge on any atom is 0.211 e. The molecule has 0 saturated carbocycles. The molecule has 0 bridgehead atoms. The summed E-state index contributed by atoms with van der Waals surface area (Å²) < 4.78 is 0. The predicted octanol–water partition coefficient (Wildman–Crippen LogP) is 4.57. The van der Waals surface area contributed by atoms with E-state index in [0.717, 1.165) is 0 Å². The zero-order chi connectivity index (χ0) is 19.0. The molecular formula is C17H20Cl2N4O2. The number of hydrogen-bond acceptors (Lipinski definition) is 6. The van der Waals surface area contributed by atoms with Crippen molar-refractivity contribution in [1.29, 1.82) is 0 Å². The maximum absolute atomic E-state index is 12.3. The van der Waals surface area contributed by atoms with Gasteiger partial charge in [-0.15, -0.1) is 10.2 Å². The number of rotatable bonds is 7. The zero-order valence-electron chi connectivity index (χ0n) is 14.4. The Bertz CT molecular complexity index is 738. The van der Waals surface area contributed by atoms with Crippen LogP contribution in [0, 0.1) is 0 Å². The monoisotopic (exact) mass is 382 g/mol. The van der Waals surface area contributed by atoms with Crippen molar-refractivity contribution >= 4 is 34.7 Å². The molecule has 0 radical (unpaired) electrons. The molecule has 0 fully saturated rings. The van der Waals surface area contributed by atoms with Crippen molar-refractivity contribution in [2.45, 2.75) is 0 Å². The molecule has 8 heteroatoms. The third-order valence-electron chi connectivity index (χ3n) is 2.70. The van der Waals surface area contributed by atoms with Crippen LogP contribution in [0.5, 0.6) is 0 Å². The van der Waals surface area contributed by atoms with Crippen LogP contribution in [-0.4, -0.2) is 48.9 Å². The van der Waals surface area contributed by atoms with Gasteiger partial charge in [0.05, 0.1) is 5.02 Å². The topological polar surface area (TPSA) is 68.5 Å². The van der Waals surface area contributed by atoms with Gasteiger partial charge >= 0.3 is 0 Å². The summed E-state index contributed by atoms with van der Waals surface area (Å²) in [5.41, 5.74) is 0.125. The number of halogens is 2. The first kappa shape index (κ1) is 20.7. The number of carbonyl (C=O) groups excluding carboxylic acids is 1. The van der Waals surface area contributed by atoms with Gasteiger partial charge in [0, 0.05) is 51.7 Å². The van der Waals surface area contributed by atoms with Crippen molar-refractivity contribution in [3.05, 3.63) is 64.3 Å². The number of azo groups is 1. The number of carbonyl (C=O) groups is 1. The summed E-state index contributed by atoms with van der Waals surface area (Å²) >= 11 is 11.9. The molecule has 0 spiro atoms. The lowest BCUT2D eigenvalue weighted by Gasteiger charge is -2.05. The Morgan fingerprint density at radius 3 is 2.24 bits per heavy atom. The Labute approximate surface area is 157 Å². The number of nitrogens with zero attached hydrogens (tertiary/aromatic N) is 4. The van der Waals surface area contributed by atoms with E-state index in [1.54, 1.807) is 62.5 Å². The van der Waals surface area contributed by atoms with Crippen molar-refractivity contribution in [2.24, 2.45) is 10.2 Å². The van der Waals surface area contributed by atoms with Crippen molar-refractivity contribution in [3.8, 4) is 0 Å². The first-order chi connectivity index (χ1) is 11.7. The summed E-state index contributed by atoms with van der Waals surface area (Å²) in [4.78, 5) is 15.7. The number of allylic oxidation sites excluding steroid dienone is 2. The molecule has 0 saturated heterocycles. The summed E-state index contributed by atoms with van der Waals surface area (Å²) in [6, 6.07) is 4.68. The van der Waals surface area contributed by atoms with Gasteiger partial charge in [0.1, 0.15) is 11.4 Å². The molecule has 134 valence electrons. The van der Waals surface area contributed by atoms with Crippen LogP contribution in [0.25, 0.3) is 0 Å². The Balaban J connectivity index is 3.24. The third-order valence-corrected chi connectivity index (χ3v) is 3.24. The third kappa shape index (κ3) is 7.41. The quantitative estimate of drug-likeness (QED) is 0.324. The van der Waals surface area contributed by atoms with E-state index in [-0.39, 0.29) is 16.5 Å². The standard InChI is InChI=1S/C17H20Cl2N4O2/c1-22(2)9-7-15(24)17(16(25)8-10-23(3)4)21-20-14-6-5-12(18)11-13(14)19/h5-11,24H,1-4H3. The van der Waals surface area contributed by atoms with E-state index in [9.17, 15) is 9.90 Å². The molecule has 0 atom stereocenters. The van der Waals surface area contributed by atoms with Crippen LogP contribution in [0.4, 0.5) is 5.69 Å². The fourth-order valence-corrected chi connectivity index (χ4v) is 1.93. The highest BCUT2D eigenvalue weighted by molar-refractivity contribution is 6.36. The molecule has 6 nitrogen and oxygen atoms in total. The van der Waals surface area contributed by atoms with Gasteiger partial charge in [-0.1, -0.05) is 23.2 Å². The number of aliphatic hydroxyl groups excluding tert-OH is 1. The summed E-state index contributed by atoms with van der Waals surface area (Å²) in [5.74, 6) is -0.806. The van der Waals surface area contributed by atoms with Crippen LogP contribution >= 0.6 is 23.2 Å². The van der Waals surface area contributed by atoms with Gasteiger partial charge in [-0.25, -0.2) is 0 Å². The van der Waals surface area contributed by atoms with Gasteiger partial charge in [0.25, 0.3) is 0 Å². The van der Waals surface area contributed by atoms with E-state index in [1.807, 2.05) is 0 Å². The van der Waals surface area contributed by atoms with E-state index < -0.39 is 5.78 Å². The first-order valence-electron chi connectivity index (χ1n) is 7.24. The number of hydrogen-bond donors (Lipinski definition) is 1. The smallest absolute Gasteiger partial charge is 0.211 e. The Hall–Kier alpha value is -2.31. The second kappa shape index (κ2) is 9.86. The summed E-state index contributed by atoms with van der Waals surface area (Å²) in [7, 11) is 7.11. The molecule has 1 aromatic carbocycles. The fourth-order valence-electron chi connectivity index (χ4n) is 1.49. The van der Waals surface area contributed by atoms with Gasteiger partial charge < -0.3 is 14.9 Å². The molecule has 0 aromatic heterocycles. The van der Waals surface area contributed by atoms with Gasteiger partial charge in [0.2, 0.25) is 5.78 Å². The molecule has 1 rings (SSSR count). The second-order valence-electron chi connectivity index (χ2n) is 5.45. The van der Waals surface area contributed by atoms with E-state index >= 15 is 0 Å². The minimum atomic E-state index is -0.497. The van der Waals surface area contributed by atoms with E-state index in [0.29, 0.717) is 10.7 Å². The zero-order valence-corrected chi connectivity index (χ0v) is 16.0. The van der Waals surface area contributed by atoms with Crippen LogP contribution in [0.2, 0.25) is 10.0 Å². The molecule has 0 unspecified atom stereocenters. The number of ketones is 1. The molecule has 0 aliphatic heterocycles. The lowest BCUT2D eigenvalue weighted by Crippen LogP contribution is -2.06. The second-order valence-corrected chi connectivity index (χ2v) is 6.30.